The molecule has 0 saturated carbocycles. The van der Waals surface area contributed by atoms with E-state index in [9.17, 15) is 9.59 Å². The highest BCUT2D eigenvalue weighted by atomic mass is 16.2. The Labute approximate surface area is 271 Å². The lowest BCUT2D eigenvalue weighted by atomic mass is 9.97. The lowest BCUT2D eigenvalue weighted by Crippen LogP contribution is -2.39. The van der Waals surface area contributed by atoms with Gasteiger partial charge in [0.05, 0.1) is 28.9 Å². The van der Waals surface area contributed by atoms with Gasteiger partial charge in [-0.3, -0.25) is 9.59 Å². The minimum atomic E-state index is -0.184. The van der Waals surface area contributed by atoms with Crippen molar-refractivity contribution in [3.05, 3.63) is 126 Å². The number of carbonyl (C=O) groups excluding carboxylic acids is 2. The Balaban J connectivity index is 1.03. The highest BCUT2D eigenvalue weighted by Crippen LogP contribution is 2.35. The molecule has 1 N–H and O–H groups in total. The Hall–Kier alpha value is -4.71. The molecular weight excluding hydrogens is 568 g/mol. The summed E-state index contributed by atoms with van der Waals surface area (Å²) in [5.41, 5.74) is 7.53. The molecule has 6 nitrogen and oxygen atoms in total. The number of rotatable bonds is 8. The third-order valence-electron chi connectivity index (χ3n) is 10.1. The number of benzene rings is 4. The fraction of sp³-hybridized carbons (Fsp3) is 0.325. The second-order valence-electron chi connectivity index (χ2n) is 13.0. The number of aromatic amines is 1. The van der Waals surface area contributed by atoms with E-state index in [-0.39, 0.29) is 35.7 Å². The molecule has 0 unspecified atom stereocenters. The molecule has 0 aliphatic carbocycles. The highest BCUT2D eigenvalue weighted by Gasteiger charge is 2.35. The van der Waals surface area contributed by atoms with Crippen molar-refractivity contribution in [2.45, 2.75) is 69.9 Å². The van der Waals surface area contributed by atoms with Gasteiger partial charge in [-0.1, -0.05) is 91.0 Å². The number of nitrogens with zero attached hydrogens (tertiary/aromatic N) is 3. The summed E-state index contributed by atoms with van der Waals surface area (Å²) < 4.78 is 0. The van der Waals surface area contributed by atoms with Crippen molar-refractivity contribution >= 4 is 22.8 Å². The lowest BCUT2D eigenvalue weighted by molar-refractivity contribution is -0.134. The van der Waals surface area contributed by atoms with Gasteiger partial charge in [0.2, 0.25) is 11.8 Å². The average Bonchev–Trinajstić information content (AvgIpc) is 3.88. The molecule has 7 rings (SSSR count). The van der Waals surface area contributed by atoms with Crippen LogP contribution in [0.4, 0.5) is 0 Å². The summed E-state index contributed by atoms with van der Waals surface area (Å²) in [5, 5.41) is 0. The van der Waals surface area contributed by atoms with Gasteiger partial charge in [-0.15, -0.1) is 0 Å². The fourth-order valence-electron chi connectivity index (χ4n) is 7.39. The fourth-order valence-corrected chi connectivity index (χ4v) is 7.39. The van der Waals surface area contributed by atoms with Gasteiger partial charge in [-0.25, -0.2) is 4.98 Å². The van der Waals surface area contributed by atoms with Crippen LogP contribution < -0.4 is 0 Å². The first-order valence-corrected chi connectivity index (χ1v) is 16.8. The summed E-state index contributed by atoms with van der Waals surface area (Å²) >= 11 is 0. The number of imidazole rings is 1. The van der Waals surface area contributed by atoms with Crippen LogP contribution in [0.5, 0.6) is 0 Å². The first kappa shape index (κ1) is 30.0. The number of H-pyrrole nitrogens is 1. The predicted octanol–water partition coefficient (Wildman–Crippen LogP) is 8.03. The van der Waals surface area contributed by atoms with Crippen LogP contribution in [0.25, 0.3) is 22.2 Å². The van der Waals surface area contributed by atoms with Gasteiger partial charge >= 0.3 is 0 Å². The van der Waals surface area contributed by atoms with Crippen LogP contribution in [-0.2, 0) is 16.0 Å². The van der Waals surface area contributed by atoms with Gasteiger partial charge < -0.3 is 14.8 Å². The minimum absolute atomic E-state index is 0.0356. The molecule has 234 valence electrons. The molecule has 1 aromatic heterocycles. The number of fused-ring (bicyclic) bond motifs is 1. The molecule has 6 heteroatoms. The van der Waals surface area contributed by atoms with Crippen molar-refractivity contribution < 1.29 is 9.59 Å². The van der Waals surface area contributed by atoms with E-state index in [4.69, 9.17) is 4.98 Å². The molecule has 2 saturated heterocycles. The van der Waals surface area contributed by atoms with Gasteiger partial charge in [0.1, 0.15) is 5.82 Å². The minimum Gasteiger partial charge on any atom is -0.340 e. The van der Waals surface area contributed by atoms with E-state index < -0.39 is 0 Å². The summed E-state index contributed by atoms with van der Waals surface area (Å²) in [7, 11) is 0. The van der Waals surface area contributed by atoms with E-state index in [2.05, 4.69) is 52.3 Å². The highest BCUT2D eigenvalue weighted by molar-refractivity contribution is 5.85. The molecule has 2 aliphatic rings. The summed E-state index contributed by atoms with van der Waals surface area (Å²) in [6.07, 6.45) is 4.86. The summed E-state index contributed by atoms with van der Waals surface area (Å²) in [5.74, 6) is 0.942. The summed E-state index contributed by atoms with van der Waals surface area (Å²) in [4.78, 5) is 39.6. The second-order valence-corrected chi connectivity index (χ2v) is 13.0. The van der Waals surface area contributed by atoms with Crippen LogP contribution in [-0.4, -0.2) is 50.7 Å². The summed E-state index contributed by atoms with van der Waals surface area (Å²) in [6, 6.07) is 35.5. The molecule has 3 heterocycles. The van der Waals surface area contributed by atoms with Crippen molar-refractivity contribution in [3.8, 4) is 11.1 Å². The topological polar surface area (TPSA) is 69.3 Å². The van der Waals surface area contributed by atoms with Gasteiger partial charge in [0.25, 0.3) is 0 Å². The number of carbonyl (C=O) groups is 2. The third kappa shape index (κ3) is 5.96. The molecule has 4 atom stereocenters. The molecule has 4 aromatic carbocycles. The zero-order chi connectivity index (χ0) is 31.6. The maximum Gasteiger partial charge on any atom is 0.230 e. The van der Waals surface area contributed by atoms with E-state index in [1.165, 1.54) is 5.56 Å². The SMILES string of the molecule is C[C@@H](C(=O)N1CCC[C@H]1Cc1ccc(-c2ccc3[nH]c([C@@H]4CCCN4C(=O)[C@H](C)c4ccccc4)nc3c2)cc1)c1ccccc1. The lowest BCUT2D eigenvalue weighted by Gasteiger charge is -2.28. The van der Waals surface area contributed by atoms with Gasteiger partial charge in [0, 0.05) is 19.1 Å². The smallest absolute Gasteiger partial charge is 0.230 e. The first-order chi connectivity index (χ1) is 22.5. The standard InChI is InChI=1S/C40H42N4O2/c1-27(30-11-5-3-6-12-30)39(45)43-23-9-15-34(43)25-29-17-19-32(20-18-29)33-21-22-35-36(26-33)42-38(41-35)37-16-10-24-44(37)40(46)28(2)31-13-7-4-8-14-31/h3-8,11-14,17-22,26-28,34,37H,9-10,15-16,23-25H2,1-2H3,(H,41,42)/t27-,28-,34+,37+/m1/s1. The molecule has 2 fully saturated rings. The molecule has 0 radical (unpaired) electrons. The van der Waals surface area contributed by atoms with E-state index in [1.807, 2.05) is 79.4 Å². The number of hydrogen-bond acceptors (Lipinski definition) is 3. The van der Waals surface area contributed by atoms with Crippen LogP contribution in [0.2, 0.25) is 0 Å². The maximum absolute atomic E-state index is 13.5. The molecular formula is C40H42N4O2. The molecule has 2 aliphatic heterocycles. The molecule has 5 aromatic rings. The molecule has 0 bridgehead atoms. The summed E-state index contributed by atoms with van der Waals surface area (Å²) in [6.45, 7) is 5.62. The van der Waals surface area contributed by atoms with E-state index in [1.54, 1.807) is 0 Å². The van der Waals surface area contributed by atoms with Gasteiger partial charge in [0.15, 0.2) is 0 Å². The maximum atomic E-state index is 13.5. The van der Waals surface area contributed by atoms with Crippen molar-refractivity contribution in [2.24, 2.45) is 0 Å². The van der Waals surface area contributed by atoms with Gasteiger partial charge in [-0.05, 0) is 85.9 Å². The van der Waals surface area contributed by atoms with Crippen molar-refractivity contribution in [1.82, 2.24) is 19.8 Å². The van der Waals surface area contributed by atoms with Crippen molar-refractivity contribution in [2.75, 3.05) is 13.1 Å². The Morgan fingerprint density at radius 3 is 2.00 bits per heavy atom. The zero-order valence-corrected chi connectivity index (χ0v) is 26.7. The molecule has 2 amide bonds. The van der Waals surface area contributed by atoms with Crippen LogP contribution in [0.15, 0.2) is 103 Å². The van der Waals surface area contributed by atoms with E-state index in [0.717, 1.165) is 84.3 Å². The van der Waals surface area contributed by atoms with E-state index >= 15 is 0 Å². The number of likely N-dealkylation sites (tertiary alicyclic amines) is 2. The normalized spacial score (nSPS) is 19.4. The Kier molecular flexibility index (Phi) is 8.44. The third-order valence-corrected chi connectivity index (χ3v) is 10.1. The second kappa shape index (κ2) is 13.0. The number of amides is 2. The quantitative estimate of drug-likeness (QED) is 0.193. The van der Waals surface area contributed by atoms with Crippen LogP contribution in [0.1, 0.15) is 79.9 Å². The zero-order valence-electron chi connectivity index (χ0n) is 26.7. The monoisotopic (exact) mass is 610 g/mol. The molecule has 46 heavy (non-hydrogen) atoms. The predicted molar refractivity (Wildman–Crippen MR) is 183 cm³/mol. The first-order valence-electron chi connectivity index (χ1n) is 16.8. The van der Waals surface area contributed by atoms with Crippen molar-refractivity contribution in [1.29, 1.82) is 0 Å². The largest absolute Gasteiger partial charge is 0.340 e. The van der Waals surface area contributed by atoms with Crippen LogP contribution in [0.3, 0.4) is 0 Å². The Morgan fingerprint density at radius 2 is 1.33 bits per heavy atom. The van der Waals surface area contributed by atoms with E-state index in [0.29, 0.717) is 0 Å². The molecule has 0 spiro atoms. The number of nitrogens with one attached hydrogen (secondary N) is 1. The van der Waals surface area contributed by atoms with Crippen molar-refractivity contribution in [3.63, 3.8) is 0 Å². The van der Waals surface area contributed by atoms with Crippen LogP contribution >= 0.6 is 0 Å². The number of aromatic nitrogens is 2. The Morgan fingerprint density at radius 1 is 0.739 bits per heavy atom. The van der Waals surface area contributed by atoms with Gasteiger partial charge in [-0.2, -0.15) is 0 Å². The average molecular weight is 611 g/mol. The van der Waals surface area contributed by atoms with Crippen LogP contribution in [0, 0.1) is 0 Å². The number of hydrogen-bond donors (Lipinski definition) is 1. The Bertz CT molecular complexity index is 1820.